The highest BCUT2D eigenvalue weighted by atomic mass is 32.2. The predicted molar refractivity (Wildman–Crippen MR) is 78.6 cm³/mol. The third-order valence-electron chi connectivity index (χ3n) is 3.56. The topological polar surface area (TPSA) is 99.3 Å². The summed E-state index contributed by atoms with van der Waals surface area (Å²) in [6.45, 7) is 2.44. The number of hydrogen-bond donors (Lipinski definition) is 2. The number of amides is 1. The Morgan fingerprint density at radius 1 is 1.38 bits per heavy atom. The maximum atomic E-state index is 12.0. The molecule has 1 aliphatic rings. The van der Waals surface area contributed by atoms with Crippen LogP contribution in [0, 0.1) is 0 Å². The van der Waals surface area contributed by atoms with Crippen LogP contribution in [0.25, 0.3) is 0 Å². The van der Waals surface area contributed by atoms with Crippen molar-refractivity contribution in [1.29, 1.82) is 0 Å². The molecule has 1 saturated heterocycles. The van der Waals surface area contributed by atoms with E-state index in [0.717, 1.165) is 0 Å². The van der Waals surface area contributed by atoms with Gasteiger partial charge in [0.05, 0.1) is 5.75 Å². The van der Waals surface area contributed by atoms with Crippen molar-refractivity contribution < 1.29 is 13.2 Å². The van der Waals surface area contributed by atoms with E-state index in [4.69, 9.17) is 0 Å². The second-order valence-electron chi connectivity index (χ2n) is 4.98. The Morgan fingerprint density at radius 3 is 2.62 bits per heavy atom. The SMILES string of the molecule is CCS(=O)(=O)N1CCC(NC(=O)c2cccc(=O)[nH]2)CC1. The highest BCUT2D eigenvalue weighted by Gasteiger charge is 2.27. The van der Waals surface area contributed by atoms with E-state index in [-0.39, 0.29) is 29.0 Å². The first-order chi connectivity index (χ1) is 9.92. The molecular formula is C13H19N3O4S. The van der Waals surface area contributed by atoms with Crippen molar-refractivity contribution >= 4 is 15.9 Å². The summed E-state index contributed by atoms with van der Waals surface area (Å²) in [6.07, 6.45) is 1.14. The van der Waals surface area contributed by atoms with Crippen molar-refractivity contribution in [3.8, 4) is 0 Å². The third kappa shape index (κ3) is 3.92. The van der Waals surface area contributed by atoms with Crippen LogP contribution in [0.15, 0.2) is 23.0 Å². The summed E-state index contributed by atoms with van der Waals surface area (Å²) in [4.78, 5) is 25.6. The second kappa shape index (κ2) is 6.40. The smallest absolute Gasteiger partial charge is 0.268 e. The fourth-order valence-corrected chi connectivity index (χ4v) is 3.44. The number of piperidine rings is 1. The van der Waals surface area contributed by atoms with E-state index < -0.39 is 10.0 Å². The summed E-state index contributed by atoms with van der Waals surface area (Å²) in [5.41, 5.74) is -0.113. The Hall–Kier alpha value is -1.67. The molecule has 1 fully saturated rings. The molecule has 0 bridgehead atoms. The molecule has 0 aliphatic carbocycles. The van der Waals surface area contributed by atoms with E-state index in [1.54, 1.807) is 6.92 Å². The monoisotopic (exact) mass is 313 g/mol. The first-order valence-corrected chi connectivity index (χ1v) is 8.51. The van der Waals surface area contributed by atoms with Gasteiger partial charge in [-0.05, 0) is 25.8 Å². The molecule has 2 rings (SSSR count). The van der Waals surface area contributed by atoms with E-state index in [1.165, 1.54) is 22.5 Å². The van der Waals surface area contributed by atoms with E-state index in [1.807, 2.05) is 0 Å². The molecule has 21 heavy (non-hydrogen) atoms. The van der Waals surface area contributed by atoms with Gasteiger partial charge >= 0.3 is 0 Å². The largest absolute Gasteiger partial charge is 0.348 e. The molecule has 0 unspecified atom stereocenters. The molecule has 0 aromatic carbocycles. The Balaban J connectivity index is 1.92. The summed E-state index contributed by atoms with van der Waals surface area (Å²) in [6, 6.07) is 4.31. The summed E-state index contributed by atoms with van der Waals surface area (Å²) < 4.78 is 24.9. The lowest BCUT2D eigenvalue weighted by molar-refractivity contribution is 0.0918. The van der Waals surface area contributed by atoms with Crippen molar-refractivity contribution in [2.75, 3.05) is 18.8 Å². The van der Waals surface area contributed by atoms with Gasteiger partial charge in [0, 0.05) is 25.2 Å². The number of aromatic amines is 1. The molecular weight excluding hydrogens is 294 g/mol. The Bertz CT molecular complexity index is 660. The van der Waals surface area contributed by atoms with Crippen LogP contribution in [0.3, 0.4) is 0 Å². The number of carbonyl (C=O) groups is 1. The van der Waals surface area contributed by atoms with E-state index >= 15 is 0 Å². The third-order valence-corrected chi connectivity index (χ3v) is 5.44. The molecule has 1 aromatic rings. The van der Waals surface area contributed by atoms with Gasteiger partial charge in [-0.25, -0.2) is 12.7 Å². The van der Waals surface area contributed by atoms with Crippen molar-refractivity contribution in [3.63, 3.8) is 0 Å². The number of sulfonamides is 1. The van der Waals surface area contributed by atoms with Gasteiger partial charge in [-0.15, -0.1) is 0 Å². The number of carbonyl (C=O) groups excluding carboxylic acids is 1. The normalized spacial score (nSPS) is 17.6. The van der Waals surface area contributed by atoms with Gasteiger partial charge in [0.25, 0.3) is 5.91 Å². The van der Waals surface area contributed by atoms with E-state index in [2.05, 4.69) is 10.3 Å². The van der Waals surface area contributed by atoms with Gasteiger partial charge in [0.1, 0.15) is 5.69 Å². The number of nitrogens with zero attached hydrogens (tertiary/aromatic N) is 1. The average Bonchev–Trinajstić information content (AvgIpc) is 2.48. The number of rotatable bonds is 4. The summed E-state index contributed by atoms with van der Waals surface area (Å²) in [5, 5.41) is 2.82. The summed E-state index contributed by atoms with van der Waals surface area (Å²) in [5.74, 6) is -0.251. The molecule has 0 radical (unpaired) electrons. The highest BCUT2D eigenvalue weighted by Crippen LogP contribution is 2.14. The van der Waals surface area contributed by atoms with E-state index in [0.29, 0.717) is 25.9 Å². The Labute approximate surface area is 123 Å². The molecule has 116 valence electrons. The molecule has 8 heteroatoms. The Kier molecular flexibility index (Phi) is 4.79. The minimum absolute atomic E-state index is 0.0792. The molecule has 2 N–H and O–H groups in total. The zero-order chi connectivity index (χ0) is 15.5. The molecule has 7 nitrogen and oxygen atoms in total. The van der Waals surface area contributed by atoms with Crippen LogP contribution in [-0.2, 0) is 10.0 Å². The second-order valence-corrected chi connectivity index (χ2v) is 7.23. The number of H-pyrrole nitrogens is 1. The van der Waals surface area contributed by atoms with Gasteiger partial charge in [-0.1, -0.05) is 6.07 Å². The van der Waals surface area contributed by atoms with Crippen LogP contribution >= 0.6 is 0 Å². The lowest BCUT2D eigenvalue weighted by Crippen LogP contribution is -2.47. The first kappa shape index (κ1) is 15.7. The van der Waals surface area contributed by atoms with Crippen molar-refractivity contribution in [1.82, 2.24) is 14.6 Å². The van der Waals surface area contributed by atoms with Gasteiger partial charge < -0.3 is 10.3 Å². The predicted octanol–water partition coefficient (Wildman–Crippen LogP) is -0.0812. The molecule has 2 heterocycles. The van der Waals surface area contributed by atoms with Gasteiger partial charge in [0.2, 0.25) is 15.6 Å². The van der Waals surface area contributed by atoms with Crippen molar-refractivity contribution in [3.05, 3.63) is 34.2 Å². The zero-order valence-corrected chi connectivity index (χ0v) is 12.6. The zero-order valence-electron chi connectivity index (χ0n) is 11.8. The minimum atomic E-state index is -3.16. The number of hydrogen-bond acceptors (Lipinski definition) is 4. The average molecular weight is 313 g/mol. The molecule has 0 atom stereocenters. The fourth-order valence-electron chi connectivity index (χ4n) is 2.30. The lowest BCUT2D eigenvalue weighted by Gasteiger charge is -2.31. The maximum Gasteiger partial charge on any atom is 0.268 e. The number of aromatic nitrogens is 1. The minimum Gasteiger partial charge on any atom is -0.348 e. The van der Waals surface area contributed by atoms with Crippen LogP contribution in [-0.4, -0.2) is 48.5 Å². The summed E-state index contributed by atoms with van der Waals surface area (Å²) in [7, 11) is -3.16. The van der Waals surface area contributed by atoms with Gasteiger partial charge in [0.15, 0.2) is 0 Å². The van der Waals surface area contributed by atoms with Crippen molar-refractivity contribution in [2.45, 2.75) is 25.8 Å². The quantitative estimate of drug-likeness (QED) is 0.812. The van der Waals surface area contributed by atoms with Crippen LogP contribution in [0.1, 0.15) is 30.3 Å². The van der Waals surface area contributed by atoms with Crippen LogP contribution in [0.5, 0.6) is 0 Å². The van der Waals surface area contributed by atoms with Crippen LogP contribution in [0.2, 0.25) is 0 Å². The van der Waals surface area contributed by atoms with Gasteiger partial charge in [-0.3, -0.25) is 9.59 Å². The number of nitrogens with one attached hydrogen (secondary N) is 2. The van der Waals surface area contributed by atoms with Crippen molar-refractivity contribution in [2.24, 2.45) is 0 Å². The molecule has 0 saturated carbocycles. The molecule has 0 spiro atoms. The first-order valence-electron chi connectivity index (χ1n) is 6.90. The highest BCUT2D eigenvalue weighted by molar-refractivity contribution is 7.89. The van der Waals surface area contributed by atoms with E-state index in [9.17, 15) is 18.0 Å². The molecule has 1 aliphatic heterocycles. The fraction of sp³-hybridized carbons (Fsp3) is 0.538. The van der Waals surface area contributed by atoms with Gasteiger partial charge in [-0.2, -0.15) is 0 Å². The molecule has 1 amide bonds. The van der Waals surface area contributed by atoms with Crippen LogP contribution < -0.4 is 10.9 Å². The number of pyridine rings is 1. The standard InChI is InChI=1S/C13H19N3O4S/c1-2-21(19,20)16-8-6-10(7-9-16)14-13(18)11-4-3-5-12(17)15-11/h3-5,10H,2,6-9H2,1H3,(H,14,18)(H,15,17). The Morgan fingerprint density at radius 2 is 2.05 bits per heavy atom. The molecule has 1 aromatic heterocycles. The maximum absolute atomic E-state index is 12.0. The summed E-state index contributed by atoms with van der Waals surface area (Å²) >= 11 is 0. The lowest BCUT2D eigenvalue weighted by atomic mass is 10.1. The van der Waals surface area contributed by atoms with Crippen LogP contribution in [0.4, 0.5) is 0 Å².